The lowest BCUT2D eigenvalue weighted by molar-refractivity contribution is 0.453. The third-order valence-corrected chi connectivity index (χ3v) is 2.03. The van der Waals surface area contributed by atoms with E-state index in [1.807, 2.05) is 13.8 Å². The van der Waals surface area contributed by atoms with Crippen molar-refractivity contribution in [3.05, 3.63) is 30.2 Å². The van der Waals surface area contributed by atoms with Gasteiger partial charge in [-0.2, -0.15) is 0 Å². The van der Waals surface area contributed by atoms with Crippen molar-refractivity contribution in [3.8, 4) is 0 Å². The molecule has 2 aromatic rings. The smallest absolute Gasteiger partial charge is 0.223 e. The van der Waals surface area contributed by atoms with E-state index < -0.39 is 0 Å². The quantitative estimate of drug-likeness (QED) is 0.813. The Morgan fingerprint density at radius 1 is 1.25 bits per heavy atom. The molecule has 2 rings (SSSR count). The number of nitrogens with zero attached hydrogens (tertiary/aromatic N) is 3. The second-order valence-corrected chi connectivity index (χ2v) is 3.52. The molecule has 0 aromatic carbocycles. The zero-order chi connectivity index (χ0) is 11.5. The summed E-state index contributed by atoms with van der Waals surface area (Å²) < 4.78 is 5.39. The number of aryl methyl sites for hydroxylation is 1. The Morgan fingerprint density at radius 2 is 1.94 bits per heavy atom. The molecule has 0 radical (unpaired) electrons. The molecule has 0 fully saturated rings. The molecule has 6 nitrogen and oxygen atoms in total. The Morgan fingerprint density at radius 3 is 2.50 bits per heavy atom. The Kier molecular flexibility index (Phi) is 2.72. The van der Waals surface area contributed by atoms with Crippen molar-refractivity contribution in [2.24, 2.45) is 0 Å². The number of aromatic nitrogens is 3. The lowest BCUT2D eigenvalue weighted by atomic mass is 10.3. The van der Waals surface area contributed by atoms with E-state index in [9.17, 15) is 0 Å². The number of oxazole rings is 1. The molecule has 0 aliphatic rings. The van der Waals surface area contributed by atoms with Crippen molar-refractivity contribution in [1.82, 2.24) is 15.0 Å². The molecule has 0 saturated heterocycles. The predicted molar refractivity (Wildman–Crippen MR) is 59.7 cm³/mol. The SMILES string of the molecule is Cc1cnc(C(C)Nc2ncc(N)cn2)o1. The highest BCUT2D eigenvalue weighted by Crippen LogP contribution is 2.16. The molecule has 0 saturated carbocycles. The van der Waals surface area contributed by atoms with Gasteiger partial charge in [-0.1, -0.05) is 0 Å². The minimum atomic E-state index is -0.0858. The summed E-state index contributed by atoms with van der Waals surface area (Å²) in [6.45, 7) is 3.77. The van der Waals surface area contributed by atoms with Crippen LogP contribution in [0.1, 0.15) is 24.6 Å². The highest BCUT2D eigenvalue weighted by Gasteiger charge is 2.11. The molecule has 3 N–H and O–H groups in total. The van der Waals surface area contributed by atoms with E-state index in [1.165, 1.54) is 0 Å². The van der Waals surface area contributed by atoms with E-state index >= 15 is 0 Å². The highest BCUT2D eigenvalue weighted by molar-refractivity contribution is 5.36. The molecule has 0 amide bonds. The first-order valence-corrected chi connectivity index (χ1v) is 4.91. The van der Waals surface area contributed by atoms with Crippen LogP contribution in [0.4, 0.5) is 11.6 Å². The molecule has 0 bridgehead atoms. The summed E-state index contributed by atoms with van der Waals surface area (Å²) in [6, 6.07) is -0.0858. The molecule has 0 spiro atoms. The van der Waals surface area contributed by atoms with Crippen LogP contribution in [-0.4, -0.2) is 15.0 Å². The number of hydrogen-bond acceptors (Lipinski definition) is 6. The first kappa shape index (κ1) is 10.4. The molecule has 16 heavy (non-hydrogen) atoms. The maximum absolute atomic E-state index is 5.49. The summed E-state index contributed by atoms with van der Waals surface area (Å²) in [6.07, 6.45) is 4.77. The topological polar surface area (TPSA) is 89.9 Å². The standard InChI is InChI=1S/C10H13N5O/c1-6-3-12-9(16-6)7(2)15-10-13-4-8(11)5-14-10/h3-5,7H,11H2,1-2H3,(H,13,14,15). The van der Waals surface area contributed by atoms with Crippen molar-refractivity contribution in [2.75, 3.05) is 11.1 Å². The minimum absolute atomic E-state index is 0.0858. The lowest BCUT2D eigenvalue weighted by Gasteiger charge is -2.09. The van der Waals surface area contributed by atoms with Gasteiger partial charge in [-0.25, -0.2) is 15.0 Å². The van der Waals surface area contributed by atoms with Crippen molar-refractivity contribution in [2.45, 2.75) is 19.9 Å². The van der Waals surface area contributed by atoms with E-state index in [1.54, 1.807) is 18.6 Å². The van der Waals surface area contributed by atoms with Crippen molar-refractivity contribution in [3.63, 3.8) is 0 Å². The van der Waals surface area contributed by atoms with Gasteiger partial charge >= 0.3 is 0 Å². The maximum Gasteiger partial charge on any atom is 0.223 e. The average Bonchev–Trinajstić information content (AvgIpc) is 2.68. The maximum atomic E-state index is 5.49. The second-order valence-electron chi connectivity index (χ2n) is 3.52. The predicted octanol–water partition coefficient (Wildman–Crippen LogP) is 1.53. The van der Waals surface area contributed by atoms with Gasteiger partial charge in [0.05, 0.1) is 24.3 Å². The summed E-state index contributed by atoms with van der Waals surface area (Å²) in [4.78, 5) is 12.2. The molecule has 0 aliphatic heterocycles. The Hall–Kier alpha value is -2.11. The van der Waals surface area contributed by atoms with Crippen LogP contribution in [0.25, 0.3) is 0 Å². The monoisotopic (exact) mass is 219 g/mol. The van der Waals surface area contributed by atoms with Crippen LogP contribution in [0.2, 0.25) is 0 Å². The summed E-state index contributed by atoms with van der Waals surface area (Å²) >= 11 is 0. The van der Waals surface area contributed by atoms with E-state index in [-0.39, 0.29) is 6.04 Å². The number of hydrogen-bond donors (Lipinski definition) is 2. The molecule has 1 unspecified atom stereocenters. The first-order valence-electron chi connectivity index (χ1n) is 4.91. The minimum Gasteiger partial charge on any atom is -0.444 e. The first-order chi connectivity index (χ1) is 7.65. The van der Waals surface area contributed by atoms with Crippen molar-refractivity contribution in [1.29, 1.82) is 0 Å². The van der Waals surface area contributed by atoms with Gasteiger partial charge in [-0.15, -0.1) is 0 Å². The summed E-state index contributed by atoms with van der Waals surface area (Å²) in [5.41, 5.74) is 6.02. The van der Waals surface area contributed by atoms with Crippen molar-refractivity contribution >= 4 is 11.6 Å². The van der Waals surface area contributed by atoms with Gasteiger partial charge in [0.1, 0.15) is 11.8 Å². The van der Waals surface area contributed by atoms with Crippen molar-refractivity contribution < 1.29 is 4.42 Å². The Labute approximate surface area is 92.9 Å². The van der Waals surface area contributed by atoms with Gasteiger partial charge in [-0.3, -0.25) is 0 Å². The van der Waals surface area contributed by atoms with E-state index in [0.29, 0.717) is 17.5 Å². The molecule has 1 atom stereocenters. The normalized spacial score (nSPS) is 12.4. The lowest BCUT2D eigenvalue weighted by Crippen LogP contribution is -2.09. The summed E-state index contributed by atoms with van der Waals surface area (Å²) in [5, 5.41) is 3.06. The zero-order valence-corrected chi connectivity index (χ0v) is 9.14. The largest absolute Gasteiger partial charge is 0.444 e. The Bertz CT molecular complexity index is 464. The summed E-state index contributed by atoms with van der Waals surface area (Å²) in [5.74, 6) is 1.89. The number of nitrogen functional groups attached to an aromatic ring is 1. The molecule has 6 heteroatoms. The molecule has 2 aromatic heterocycles. The third kappa shape index (κ3) is 2.28. The number of nitrogens with one attached hydrogen (secondary N) is 1. The van der Waals surface area contributed by atoms with Crippen LogP contribution in [0.15, 0.2) is 23.0 Å². The molecule has 0 aliphatic carbocycles. The number of anilines is 2. The van der Waals surface area contributed by atoms with Gasteiger partial charge in [-0.05, 0) is 13.8 Å². The van der Waals surface area contributed by atoms with Crippen LogP contribution >= 0.6 is 0 Å². The average molecular weight is 219 g/mol. The van der Waals surface area contributed by atoms with Gasteiger partial charge in [0.25, 0.3) is 0 Å². The van der Waals surface area contributed by atoms with E-state index in [4.69, 9.17) is 10.2 Å². The highest BCUT2D eigenvalue weighted by atomic mass is 16.4. The number of rotatable bonds is 3. The van der Waals surface area contributed by atoms with Crippen LogP contribution in [0.3, 0.4) is 0 Å². The zero-order valence-electron chi connectivity index (χ0n) is 9.14. The fourth-order valence-electron chi connectivity index (χ4n) is 1.24. The van der Waals surface area contributed by atoms with Gasteiger partial charge < -0.3 is 15.5 Å². The van der Waals surface area contributed by atoms with E-state index in [2.05, 4.69) is 20.3 Å². The van der Waals surface area contributed by atoms with Gasteiger partial charge in [0.2, 0.25) is 11.8 Å². The van der Waals surface area contributed by atoms with Crippen LogP contribution in [0.5, 0.6) is 0 Å². The van der Waals surface area contributed by atoms with Crippen LogP contribution in [0, 0.1) is 6.92 Å². The fourth-order valence-corrected chi connectivity index (χ4v) is 1.24. The molecular weight excluding hydrogens is 206 g/mol. The summed E-state index contributed by atoms with van der Waals surface area (Å²) in [7, 11) is 0. The van der Waals surface area contributed by atoms with Crippen LogP contribution < -0.4 is 11.1 Å². The molecular formula is C10H13N5O. The molecule has 84 valence electrons. The van der Waals surface area contributed by atoms with E-state index in [0.717, 1.165) is 5.76 Å². The molecule has 2 heterocycles. The van der Waals surface area contributed by atoms with Crippen LogP contribution in [-0.2, 0) is 0 Å². The Balaban J connectivity index is 2.07. The second kappa shape index (κ2) is 4.18. The number of nitrogens with two attached hydrogens (primary N) is 1. The fraction of sp³-hybridized carbons (Fsp3) is 0.300. The van der Waals surface area contributed by atoms with Gasteiger partial charge in [0, 0.05) is 0 Å². The third-order valence-electron chi connectivity index (χ3n) is 2.03. The van der Waals surface area contributed by atoms with Gasteiger partial charge in [0.15, 0.2) is 0 Å².